The first-order chi connectivity index (χ1) is 11.5. The van der Waals surface area contributed by atoms with Crippen LogP contribution in [0.4, 0.5) is 10.1 Å². The molecule has 0 unspecified atom stereocenters. The summed E-state index contributed by atoms with van der Waals surface area (Å²) in [4.78, 5) is 23.8. The normalized spacial score (nSPS) is 13.4. The van der Waals surface area contributed by atoms with Crippen LogP contribution in [0.25, 0.3) is 0 Å². The van der Waals surface area contributed by atoms with Gasteiger partial charge in [0.05, 0.1) is 5.56 Å². The van der Waals surface area contributed by atoms with Crippen LogP contribution in [0.15, 0.2) is 42.5 Å². The van der Waals surface area contributed by atoms with Gasteiger partial charge in [0.2, 0.25) is 5.91 Å². The highest BCUT2D eigenvalue weighted by atomic mass is 35.5. The molecule has 2 aromatic carbocycles. The zero-order valence-corrected chi connectivity index (χ0v) is 13.6. The molecule has 1 aliphatic carbocycles. The number of halogens is 2. The monoisotopic (exact) mass is 346 g/mol. The Morgan fingerprint density at radius 2 is 1.96 bits per heavy atom. The van der Waals surface area contributed by atoms with E-state index in [0.717, 1.165) is 24.5 Å². The topological polar surface area (TPSA) is 58.2 Å². The maximum absolute atomic E-state index is 13.7. The third-order valence-electron chi connectivity index (χ3n) is 3.77. The molecule has 0 aromatic heterocycles. The Kier molecular flexibility index (Phi) is 4.81. The van der Waals surface area contributed by atoms with Crippen LogP contribution in [0.3, 0.4) is 0 Å². The lowest BCUT2D eigenvalue weighted by molar-refractivity contribution is -0.117. The molecule has 0 spiro atoms. The summed E-state index contributed by atoms with van der Waals surface area (Å²) in [6.07, 6.45) is 1.87. The lowest BCUT2D eigenvalue weighted by Gasteiger charge is -2.09. The molecule has 0 radical (unpaired) electrons. The number of hydrogen-bond acceptors (Lipinski definition) is 2. The molecule has 2 aromatic rings. The van der Waals surface area contributed by atoms with Crippen molar-refractivity contribution in [3.63, 3.8) is 0 Å². The van der Waals surface area contributed by atoms with E-state index in [-0.39, 0.29) is 23.9 Å². The van der Waals surface area contributed by atoms with E-state index in [1.807, 2.05) is 6.07 Å². The van der Waals surface area contributed by atoms with Crippen molar-refractivity contribution in [3.8, 4) is 0 Å². The number of carbonyl (C=O) groups excluding carboxylic acids is 2. The highest BCUT2D eigenvalue weighted by Crippen LogP contribution is 2.30. The first-order valence-electron chi connectivity index (χ1n) is 7.66. The molecule has 2 N–H and O–H groups in total. The highest BCUT2D eigenvalue weighted by Gasteiger charge is 2.29. The van der Waals surface area contributed by atoms with Gasteiger partial charge in [-0.2, -0.15) is 0 Å². The molecule has 0 heterocycles. The summed E-state index contributed by atoms with van der Waals surface area (Å²) >= 11 is 5.79. The third-order valence-corrected chi connectivity index (χ3v) is 4.00. The van der Waals surface area contributed by atoms with Crippen LogP contribution < -0.4 is 10.6 Å². The fourth-order valence-corrected chi connectivity index (χ4v) is 2.47. The minimum atomic E-state index is -0.623. The van der Waals surface area contributed by atoms with Gasteiger partial charge in [0.15, 0.2) is 0 Å². The smallest absolute Gasteiger partial charge is 0.254 e. The molecule has 3 rings (SSSR count). The second-order valence-electron chi connectivity index (χ2n) is 5.77. The van der Waals surface area contributed by atoms with Gasteiger partial charge in [0, 0.05) is 23.2 Å². The summed E-state index contributed by atoms with van der Waals surface area (Å²) in [5.41, 5.74) is 1.40. The minimum Gasteiger partial charge on any atom is -0.348 e. The van der Waals surface area contributed by atoms with E-state index in [0.29, 0.717) is 10.7 Å². The lowest BCUT2D eigenvalue weighted by Crippen LogP contribution is -2.24. The van der Waals surface area contributed by atoms with Crippen LogP contribution in [-0.4, -0.2) is 11.8 Å². The SMILES string of the molecule is O=C(NCc1cccc(NC(=O)C2CC2)c1)c1cc(Cl)ccc1F. The Balaban J connectivity index is 1.62. The molecule has 1 fully saturated rings. The predicted molar refractivity (Wildman–Crippen MR) is 90.4 cm³/mol. The average molecular weight is 347 g/mol. The number of hydrogen-bond donors (Lipinski definition) is 2. The van der Waals surface area contributed by atoms with Gasteiger partial charge in [0.1, 0.15) is 5.82 Å². The molecule has 6 heteroatoms. The molecule has 2 amide bonds. The Morgan fingerprint density at radius 1 is 1.17 bits per heavy atom. The second-order valence-corrected chi connectivity index (χ2v) is 6.21. The van der Waals surface area contributed by atoms with Crippen LogP contribution >= 0.6 is 11.6 Å². The zero-order valence-electron chi connectivity index (χ0n) is 12.8. The van der Waals surface area contributed by atoms with E-state index < -0.39 is 11.7 Å². The van der Waals surface area contributed by atoms with Crippen molar-refractivity contribution in [3.05, 3.63) is 64.4 Å². The van der Waals surface area contributed by atoms with E-state index in [2.05, 4.69) is 10.6 Å². The van der Waals surface area contributed by atoms with E-state index in [1.165, 1.54) is 12.1 Å². The first-order valence-corrected chi connectivity index (χ1v) is 8.04. The van der Waals surface area contributed by atoms with Gasteiger partial charge in [-0.3, -0.25) is 9.59 Å². The molecule has 124 valence electrons. The zero-order chi connectivity index (χ0) is 17.1. The predicted octanol–water partition coefficient (Wildman–Crippen LogP) is 3.76. The van der Waals surface area contributed by atoms with Crippen LogP contribution in [0.1, 0.15) is 28.8 Å². The minimum absolute atomic E-state index is 0.0252. The molecular formula is C18H16ClFN2O2. The van der Waals surface area contributed by atoms with Crippen molar-refractivity contribution in [2.45, 2.75) is 19.4 Å². The van der Waals surface area contributed by atoms with Gasteiger partial charge in [-0.1, -0.05) is 23.7 Å². The van der Waals surface area contributed by atoms with Crippen molar-refractivity contribution in [2.75, 3.05) is 5.32 Å². The molecule has 0 bridgehead atoms. The molecule has 0 aliphatic heterocycles. The van der Waals surface area contributed by atoms with Gasteiger partial charge in [0.25, 0.3) is 5.91 Å². The van der Waals surface area contributed by atoms with E-state index in [9.17, 15) is 14.0 Å². The van der Waals surface area contributed by atoms with Gasteiger partial charge < -0.3 is 10.6 Å². The van der Waals surface area contributed by atoms with Crippen molar-refractivity contribution < 1.29 is 14.0 Å². The van der Waals surface area contributed by atoms with Crippen LogP contribution in [0.2, 0.25) is 5.02 Å². The summed E-state index contributed by atoms with van der Waals surface area (Å²) in [5.74, 6) is -1.01. The van der Waals surface area contributed by atoms with Gasteiger partial charge in [-0.25, -0.2) is 4.39 Å². The maximum atomic E-state index is 13.7. The molecule has 1 saturated carbocycles. The number of nitrogens with one attached hydrogen (secondary N) is 2. The van der Waals surface area contributed by atoms with Crippen molar-refractivity contribution in [1.82, 2.24) is 5.32 Å². The van der Waals surface area contributed by atoms with Crippen LogP contribution in [-0.2, 0) is 11.3 Å². The largest absolute Gasteiger partial charge is 0.348 e. The average Bonchev–Trinajstić information content (AvgIpc) is 3.40. The van der Waals surface area contributed by atoms with E-state index >= 15 is 0 Å². The molecular weight excluding hydrogens is 331 g/mol. The second kappa shape index (κ2) is 7.01. The van der Waals surface area contributed by atoms with Gasteiger partial charge in [-0.05, 0) is 48.7 Å². The molecule has 4 nitrogen and oxygen atoms in total. The number of amides is 2. The summed E-state index contributed by atoms with van der Waals surface area (Å²) in [5, 5.41) is 5.80. The molecule has 24 heavy (non-hydrogen) atoms. The van der Waals surface area contributed by atoms with E-state index in [1.54, 1.807) is 18.2 Å². The third kappa shape index (κ3) is 4.11. The lowest BCUT2D eigenvalue weighted by atomic mass is 10.1. The quantitative estimate of drug-likeness (QED) is 0.866. The Morgan fingerprint density at radius 3 is 2.71 bits per heavy atom. The van der Waals surface area contributed by atoms with Crippen LogP contribution in [0.5, 0.6) is 0 Å². The summed E-state index contributed by atoms with van der Waals surface area (Å²) < 4.78 is 13.7. The maximum Gasteiger partial charge on any atom is 0.254 e. The number of rotatable bonds is 5. The fraction of sp³-hybridized carbons (Fsp3) is 0.222. The summed E-state index contributed by atoms with van der Waals surface area (Å²) in [6, 6.07) is 11.0. The summed E-state index contributed by atoms with van der Waals surface area (Å²) in [7, 11) is 0. The molecule has 0 saturated heterocycles. The molecule has 1 aliphatic rings. The Bertz CT molecular complexity index is 790. The van der Waals surface area contributed by atoms with Crippen molar-refractivity contribution in [2.24, 2.45) is 5.92 Å². The van der Waals surface area contributed by atoms with Crippen molar-refractivity contribution >= 4 is 29.1 Å². The number of benzene rings is 2. The van der Waals surface area contributed by atoms with E-state index in [4.69, 9.17) is 11.6 Å². The Hall–Kier alpha value is -2.40. The van der Waals surface area contributed by atoms with Gasteiger partial charge >= 0.3 is 0 Å². The van der Waals surface area contributed by atoms with Gasteiger partial charge in [-0.15, -0.1) is 0 Å². The number of carbonyl (C=O) groups is 2. The highest BCUT2D eigenvalue weighted by molar-refractivity contribution is 6.31. The fourth-order valence-electron chi connectivity index (χ4n) is 2.30. The van der Waals surface area contributed by atoms with Crippen LogP contribution in [0, 0.1) is 11.7 Å². The van der Waals surface area contributed by atoms with Crippen molar-refractivity contribution in [1.29, 1.82) is 0 Å². The standard InChI is InChI=1S/C18H16ClFN2O2/c19-13-6-7-16(20)15(9-13)18(24)21-10-11-2-1-3-14(8-11)22-17(23)12-4-5-12/h1-3,6-9,12H,4-5,10H2,(H,21,24)(H,22,23). The number of anilines is 1. The summed E-state index contributed by atoms with van der Waals surface area (Å²) in [6.45, 7) is 0.220. The first kappa shape index (κ1) is 16.5. The molecule has 0 atom stereocenters. The Labute approximate surface area is 144 Å².